The van der Waals surface area contributed by atoms with Crippen molar-refractivity contribution >= 4 is 10.9 Å². The van der Waals surface area contributed by atoms with E-state index >= 15 is 0 Å². The predicted molar refractivity (Wildman–Crippen MR) is 75.2 cm³/mol. The molecular weight excluding hydrogens is 238 g/mol. The van der Waals surface area contributed by atoms with E-state index in [1.165, 1.54) is 0 Å². The van der Waals surface area contributed by atoms with Gasteiger partial charge in [-0.2, -0.15) is 0 Å². The molecule has 1 N–H and O–H groups in total. The number of nitrogens with zero attached hydrogens (tertiary/aromatic N) is 1. The Hall–Kier alpha value is -1.61. The molecule has 2 aromatic rings. The zero-order chi connectivity index (χ0) is 13.5. The summed E-state index contributed by atoms with van der Waals surface area (Å²) in [5, 5.41) is 11.3. The monoisotopic (exact) mass is 257 g/mol. The van der Waals surface area contributed by atoms with Gasteiger partial charge in [0.2, 0.25) is 0 Å². The lowest BCUT2D eigenvalue weighted by Gasteiger charge is -2.25. The van der Waals surface area contributed by atoms with Crippen molar-refractivity contribution in [3.8, 4) is 5.75 Å². The van der Waals surface area contributed by atoms with Gasteiger partial charge in [-0.25, -0.2) is 0 Å². The average Bonchev–Trinajstić information content (AvgIpc) is 2.66. The number of aromatic nitrogens is 1. The van der Waals surface area contributed by atoms with Crippen LogP contribution in [0.5, 0.6) is 5.75 Å². The van der Waals surface area contributed by atoms with Crippen LogP contribution in [-0.2, 0) is 0 Å². The largest absolute Gasteiger partial charge is 0.488 e. The zero-order valence-corrected chi connectivity index (χ0v) is 11.3. The minimum absolute atomic E-state index is 0.0558. The lowest BCUT2D eigenvalue weighted by molar-refractivity contribution is 0.00497. The van der Waals surface area contributed by atoms with E-state index in [1.54, 1.807) is 6.20 Å². The van der Waals surface area contributed by atoms with Crippen molar-refractivity contribution in [1.82, 2.24) is 4.98 Å². The van der Waals surface area contributed by atoms with Crippen molar-refractivity contribution in [2.45, 2.75) is 38.9 Å². The highest BCUT2D eigenvalue weighted by Gasteiger charge is 2.42. The van der Waals surface area contributed by atoms with Crippen LogP contribution in [0.4, 0.5) is 0 Å². The molecule has 0 bridgehead atoms. The molecule has 1 aromatic carbocycles. The quantitative estimate of drug-likeness (QED) is 0.898. The second kappa shape index (κ2) is 4.49. The Morgan fingerprint density at radius 2 is 2.16 bits per heavy atom. The van der Waals surface area contributed by atoms with E-state index in [0.29, 0.717) is 0 Å². The molecule has 19 heavy (non-hydrogen) atoms. The molecule has 1 aliphatic rings. The first-order valence-electron chi connectivity index (χ1n) is 6.76. The van der Waals surface area contributed by atoms with Crippen molar-refractivity contribution in [3.05, 3.63) is 36.5 Å². The molecule has 3 rings (SSSR count). The summed E-state index contributed by atoms with van der Waals surface area (Å²) in [5.41, 5.74) is 0.867. The number of aliphatic hydroxyl groups is 1. The van der Waals surface area contributed by atoms with Gasteiger partial charge in [0.05, 0.1) is 11.6 Å². The van der Waals surface area contributed by atoms with Crippen LogP contribution in [0.2, 0.25) is 0 Å². The molecule has 0 aliphatic heterocycles. The van der Waals surface area contributed by atoms with Crippen molar-refractivity contribution in [1.29, 1.82) is 0 Å². The number of fused-ring (bicyclic) bond motifs is 1. The Bertz CT molecular complexity index is 594. The number of pyridine rings is 1. The maximum atomic E-state index is 10.3. The molecule has 100 valence electrons. The summed E-state index contributed by atoms with van der Waals surface area (Å²) in [5.74, 6) is 0.785. The van der Waals surface area contributed by atoms with Crippen LogP contribution < -0.4 is 4.74 Å². The van der Waals surface area contributed by atoms with Crippen molar-refractivity contribution in [2.24, 2.45) is 5.41 Å². The number of hydrogen-bond donors (Lipinski definition) is 1. The minimum atomic E-state index is -0.410. The van der Waals surface area contributed by atoms with Gasteiger partial charge in [-0.1, -0.05) is 19.9 Å². The summed E-state index contributed by atoms with van der Waals surface area (Å²) in [6.45, 7) is 4.17. The number of benzene rings is 1. The van der Waals surface area contributed by atoms with Gasteiger partial charge in [0.1, 0.15) is 11.9 Å². The van der Waals surface area contributed by atoms with Crippen molar-refractivity contribution in [2.75, 3.05) is 0 Å². The predicted octanol–water partition coefficient (Wildman–Crippen LogP) is 3.16. The van der Waals surface area contributed by atoms with Gasteiger partial charge in [-0.15, -0.1) is 0 Å². The molecule has 0 amide bonds. The second-order valence-electron chi connectivity index (χ2n) is 5.99. The smallest absolute Gasteiger partial charge is 0.125 e. The van der Waals surface area contributed by atoms with Gasteiger partial charge in [0, 0.05) is 17.6 Å². The fraction of sp³-hybridized carbons (Fsp3) is 0.438. The third kappa shape index (κ3) is 2.30. The normalized spacial score (nSPS) is 25.6. The van der Waals surface area contributed by atoms with Crippen LogP contribution in [0.1, 0.15) is 26.7 Å². The summed E-state index contributed by atoms with van der Waals surface area (Å²) >= 11 is 0. The molecule has 3 heteroatoms. The molecule has 2 atom stereocenters. The van der Waals surface area contributed by atoms with Gasteiger partial charge in [0.25, 0.3) is 0 Å². The highest BCUT2D eigenvalue weighted by atomic mass is 16.5. The standard InChI is InChI=1S/C16H19NO2/c1-16(2)8-7-14(15(16)18)19-12-6-5-11-4-3-9-17-13(11)10-12/h3-6,9-10,14-15,18H,7-8H2,1-2H3. The van der Waals surface area contributed by atoms with E-state index in [-0.39, 0.29) is 11.5 Å². The van der Waals surface area contributed by atoms with E-state index < -0.39 is 6.10 Å². The van der Waals surface area contributed by atoms with E-state index in [0.717, 1.165) is 29.5 Å². The van der Waals surface area contributed by atoms with Crippen LogP contribution in [0, 0.1) is 5.41 Å². The van der Waals surface area contributed by atoms with Crippen LogP contribution in [-0.4, -0.2) is 22.3 Å². The molecule has 1 fully saturated rings. The summed E-state index contributed by atoms with van der Waals surface area (Å²) in [6.07, 6.45) is 3.14. The highest BCUT2D eigenvalue weighted by Crippen LogP contribution is 2.39. The maximum absolute atomic E-state index is 10.3. The molecule has 1 aromatic heterocycles. The van der Waals surface area contributed by atoms with Gasteiger partial charge in [-0.3, -0.25) is 4.98 Å². The molecule has 1 saturated carbocycles. The lowest BCUT2D eigenvalue weighted by atomic mass is 9.89. The molecule has 1 aliphatic carbocycles. The summed E-state index contributed by atoms with van der Waals surface area (Å²) in [4.78, 5) is 4.32. The zero-order valence-electron chi connectivity index (χ0n) is 11.3. The van der Waals surface area contributed by atoms with Crippen LogP contribution in [0.15, 0.2) is 36.5 Å². The Morgan fingerprint density at radius 3 is 2.89 bits per heavy atom. The van der Waals surface area contributed by atoms with E-state index in [2.05, 4.69) is 18.8 Å². The van der Waals surface area contributed by atoms with Gasteiger partial charge < -0.3 is 9.84 Å². The topological polar surface area (TPSA) is 42.4 Å². The first-order valence-corrected chi connectivity index (χ1v) is 6.76. The number of rotatable bonds is 2. The molecule has 0 saturated heterocycles. The number of aliphatic hydroxyl groups excluding tert-OH is 1. The van der Waals surface area contributed by atoms with Crippen molar-refractivity contribution < 1.29 is 9.84 Å². The van der Waals surface area contributed by atoms with Gasteiger partial charge in [-0.05, 0) is 36.5 Å². The highest BCUT2D eigenvalue weighted by molar-refractivity contribution is 5.79. The third-order valence-corrected chi connectivity index (χ3v) is 4.09. The van der Waals surface area contributed by atoms with E-state index in [4.69, 9.17) is 4.74 Å². The fourth-order valence-electron chi connectivity index (χ4n) is 2.74. The molecular formula is C16H19NO2. The SMILES string of the molecule is CC1(C)CCC(Oc2ccc3cccnc3c2)C1O. The van der Waals surface area contributed by atoms with Crippen molar-refractivity contribution in [3.63, 3.8) is 0 Å². The summed E-state index contributed by atoms with van der Waals surface area (Å²) < 4.78 is 5.94. The van der Waals surface area contributed by atoms with E-state index in [9.17, 15) is 5.11 Å². The number of hydrogen-bond acceptors (Lipinski definition) is 3. The van der Waals surface area contributed by atoms with Gasteiger partial charge in [0.15, 0.2) is 0 Å². The Balaban J connectivity index is 1.82. The van der Waals surface area contributed by atoms with Gasteiger partial charge >= 0.3 is 0 Å². The minimum Gasteiger partial charge on any atom is -0.488 e. The summed E-state index contributed by atoms with van der Waals surface area (Å²) in [7, 11) is 0. The van der Waals surface area contributed by atoms with Crippen LogP contribution in [0.3, 0.4) is 0 Å². The second-order valence-corrected chi connectivity index (χ2v) is 5.99. The Kier molecular flexibility index (Phi) is 2.94. The number of ether oxygens (including phenoxy) is 1. The fourth-order valence-corrected chi connectivity index (χ4v) is 2.74. The molecule has 0 radical (unpaired) electrons. The average molecular weight is 257 g/mol. The van der Waals surface area contributed by atoms with Crippen LogP contribution in [0.25, 0.3) is 10.9 Å². The third-order valence-electron chi connectivity index (χ3n) is 4.09. The lowest BCUT2D eigenvalue weighted by Crippen LogP contribution is -2.34. The Morgan fingerprint density at radius 1 is 1.32 bits per heavy atom. The van der Waals surface area contributed by atoms with Crippen LogP contribution >= 0.6 is 0 Å². The Labute approximate surface area is 113 Å². The summed E-state index contributed by atoms with van der Waals surface area (Å²) in [6, 6.07) is 9.84. The first kappa shape index (κ1) is 12.4. The molecule has 2 unspecified atom stereocenters. The molecule has 3 nitrogen and oxygen atoms in total. The molecule has 0 spiro atoms. The molecule has 1 heterocycles. The first-order chi connectivity index (χ1) is 9.06. The van der Waals surface area contributed by atoms with E-state index in [1.807, 2.05) is 30.3 Å². The maximum Gasteiger partial charge on any atom is 0.125 e.